The Morgan fingerprint density at radius 1 is 1.45 bits per heavy atom. The van der Waals surface area contributed by atoms with E-state index in [1.165, 1.54) is 22.5 Å². The fourth-order valence-corrected chi connectivity index (χ4v) is 4.51. The van der Waals surface area contributed by atoms with Crippen LogP contribution in [0.15, 0.2) is 23.1 Å². The summed E-state index contributed by atoms with van der Waals surface area (Å²) in [6, 6.07) is 5.91. The van der Waals surface area contributed by atoms with E-state index in [2.05, 4.69) is 5.32 Å². The second-order valence-electron chi connectivity index (χ2n) is 5.27. The molecule has 2 aliphatic rings. The van der Waals surface area contributed by atoms with Gasteiger partial charge in [0.15, 0.2) is 0 Å². The summed E-state index contributed by atoms with van der Waals surface area (Å²) >= 11 is 5.79. The monoisotopic (exact) mass is 341 g/mol. The van der Waals surface area contributed by atoms with Crippen molar-refractivity contribution in [2.75, 3.05) is 19.6 Å². The van der Waals surface area contributed by atoms with Crippen molar-refractivity contribution < 1.29 is 17.9 Å². The van der Waals surface area contributed by atoms with Crippen LogP contribution >= 0.6 is 11.6 Å². The van der Waals surface area contributed by atoms with Gasteiger partial charge in [-0.05, 0) is 18.2 Å². The maximum atomic E-state index is 12.7. The molecular formula is C13H12ClN3O4S. The number of nitrogens with one attached hydrogen (secondary N) is 1. The number of carbonyl (C=O) groups is 1. The molecule has 2 fully saturated rings. The zero-order valence-electron chi connectivity index (χ0n) is 11.4. The van der Waals surface area contributed by atoms with Gasteiger partial charge in [-0.2, -0.15) is 9.57 Å². The molecule has 0 saturated carbocycles. The van der Waals surface area contributed by atoms with Gasteiger partial charge in [-0.3, -0.25) is 0 Å². The third-order valence-electron chi connectivity index (χ3n) is 3.83. The molecule has 1 spiro atoms. The molecule has 1 aromatic rings. The first-order valence-electron chi connectivity index (χ1n) is 6.53. The summed E-state index contributed by atoms with van der Waals surface area (Å²) in [4.78, 5) is 11.1. The van der Waals surface area contributed by atoms with Crippen LogP contribution in [0, 0.1) is 11.3 Å². The van der Waals surface area contributed by atoms with Crippen LogP contribution in [0.3, 0.4) is 0 Å². The molecule has 1 atom stereocenters. The number of rotatable bonds is 2. The van der Waals surface area contributed by atoms with Crippen molar-refractivity contribution in [3.8, 4) is 6.07 Å². The highest BCUT2D eigenvalue weighted by Gasteiger charge is 2.49. The number of halogens is 1. The summed E-state index contributed by atoms with van der Waals surface area (Å²) in [5, 5.41) is 12.0. The summed E-state index contributed by atoms with van der Waals surface area (Å²) in [5.41, 5.74) is -0.821. The summed E-state index contributed by atoms with van der Waals surface area (Å²) in [6.07, 6.45) is -0.121. The Morgan fingerprint density at radius 2 is 2.23 bits per heavy atom. The third kappa shape index (κ3) is 2.41. The Kier molecular flexibility index (Phi) is 3.51. The lowest BCUT2D eigenvalue weighted by molar-refractivity contribution is 0.0690. The second-order valence-corrected chi connectivity index (χ2v) is 7.61. The number of amides is 1. The van der Waals surface area contributed by atoms with Crippen molar-refractivity contribution in [3.63, 3.8) is 0 Å². The molecule has 0 radical (unpaired) electrons. The SMILES string of the molecule is N#Cc1cc(Cl)ccc1S(=O)(=O)N1CCC2(CNC(=O)O2)C1. The van der Waals surface area contributed by atoms with Crippen LogP contribution in [-0.2, 0) is 14.8 Å². The van der Waals surface area contributed by atoms with Crippen LogP contribution in [0.5, 0.6) is 0 Å². The smallest absolute Gasteiger partial charge is 0.407 e. The number of nitriles is 1. The number of benzene rings is 1. The molecule has 116 valence electrons. The highest BCUT2D eigenvalue weighted by molar-refractivity contribution is 7.89. The molecule has 0 bridgehead atoms. The maximum absolute atomic E-state index is 12.7. The summed E-state index contributed by atoms with van der Waals surface area (Å²) in [5.74, 6) is 0. The Bertz CT molecular complexity index is 789. The Labute approximate surface area is 132 Å². The normalized spacial score (nSPS) is 25.0. The van der Waals surface area contributed by atoms with Crippen LogP contribution in [0.4, 0.5) is 4.79 Å². The van der Waals surface area contributed by atoms with Crippen molar-refractivity contribution >= 4 is 27.7 Å². The summed E-state index contributed by atoms with van der Waals surface area (Å²) in [6.45, 7) is 0.579. The number of hydrogen-bond donors (Lipinski definition) is 1. The van der Waals surface area contributed by atoms with Gasteiger partial charge in [-0.15, -0.1) is 0 Å². The lowest BCUT2D eigenvalue weighted by Crippen LogP contribution is -2.39. The fourth-order valence-electron chi connectivity index (χ4n) is 2.70. The van der Waals surface area contributed by atoms with Crippen LogP contribution in [0.1, 0.15) is 12.0 Å². The van der Waals surface area contributed by atoms with Gasteiger partial charge in [-0.25, -0.2) is 13.2 Å². The standard InChI is InChI=1S/C13H12ClN3O4S/c14-10-1-2-11(9(5-10)6-15)22(19,20)17-4-3-13(8-17)7-16-12(18)21-13/h1-2,5H,3-4,7-8H2,(H,16,18). The van der Waals surface area contributed by atoms with E-state index in [0.29, 0.717) is 11.4 Å². The largest absolute Gasteiger partial charge is 0.440 e. The summed E-state index contributed by atoms with van der Waals surface area (Å²) < 4.78 is 31.9. The molecule has 2 saturated heterocycles. The van der Waals surface area contributed by atoms with Crippen molar-refractivity contribution in [2.24, 2.45) is 0 Å². The Morgan fingerprint density at radius 3 is 2.86 bits per heavy atom. The first-order chi connectivity index (χ1) is 10.4. The van der Waals surface area contributed by atoms with Crippen molar-refractivity contribution in [2.45, 2.75) is 16.9 Å². The number of alkyl carbamates (subject to hydrolysis) is 1. The fraction of sp³-hybridized carbons (Fsp3) is 0.385. The molecule has 7 nitrogen and oxygen atoms in total. The molecule has 1 aromatic carbocycles. The van der Waals surface area contributed by atoms with E-state index in [-0.39, 0.29) is 30.1 Å². The van der Waals surface area contributed by atoms with Crippen molar-refractivity contribution in [3.05, 3.63) is 28.8 Å². The van der Waals surface area contributed by atoms with Gasteiger partial charge in [0.1, 0.15) is 16.6 Å². The van der Waals surface area contributed by atoms with E-state index in [1.807, 2.05) is 6.07 Å². The first kappa shape index (κ1) is 15.1. The van der Waals surface area contributed by atoms with Crippen molar-refractivity contribution in [1.29, 1.82) is 5.26 Å². The number of carbonyl (C=O) groups excluding carboxylic acids is 1. The molecule has 1 amide bonds. The van der Waals surface area contributed by atoms with Crippen LogP contribution in [-0.4, -0.2) is 44.1 Å². The minimum absolute atomic E-state index is 0.00464. The Hall–Kier alpha value is -1.82. The van der Waals surface area contributed by atoms with Crippen molar-refractivity contribution in [1.82, 2.24) is 9.62 Å². The van der Waals surface area contributed by atoms with E-state index < -0.39 is 21.7 Å². The van der Waals surface area contributed by atoms with Gasteiger partial charge in [0, 0.05) is 18.0 Å². The molecule has 2 aliphatic heterocycles. The van der Waals surface area contributed by atoms with Crippen LogP contribution < -0.4 is 5.32 Å². The average Bonchev–Trinajstić information content (AvgIpc) is 3.06. The second kappa shape index (κ2) is 5.12. The number of nitrogens with zero attached hydrogens (tertiary/aromatic N) is 2. The quantitative estimate of drug-likeness (QED) is 0.867. The number of sulfonamides is 1. The lowest BCUT2D eigenvalue weighted by atomic mass is 10.1. The molecule has 0 aromatic heterocycles. The minimum Gasteiger partial charge on any atom is -0.440 e. The van der Waals surface area contributed by atoms with Crippen LogP contribution in [0.25, 0.3) is 0 Å². The molecule has 1 N–H and O–H groups in total. The predicted molar refractivity (Wildman–Crippen MR) is 76.8 cm³/mol. The highest BCUT2D eigenvalue weighted by atomic mass is 35.5. The lowest BCUT2D eigenvalue weighted by Gasteiger charge is -2.21. The van der Waals surface area contributed by atoms with E-state index in [0.717, 1.165) is 0 Å². The van der Waals surface area contributed by atoms with E-state index in [9.17, 15) is 13.2 Å². The topological polar surface area (TPSA) is 99.5 Å². The summed E-state index contributed by atoms with van der Waals surface area (Å²) in [7, 11) is -3.85. The van der Waals surface area contributed by atoms with Gasteiger partial charge >= 0.3 is 6.09 Å². The number of ether oxygens (including phenoxy) is 1. The van der Waals surface area contributed by atoms with E-state index in [1.54, 1.807) is 0 Å². The molecule has 1 unspecified atom stereocenters. The van der Waals surface area contributed by atoms with E-state index >= 15 is 0 Å². The van der Waals surface area contributed by atoms with E-state index in [4.69, 9.17) is 21.6 Å². The molecule has 3 rings (SSSR count). The molecular weight excluding hydrogens is 330 g/mol. The van der Waals surface area contributed by atoms with Crippen LogP contribution in [0.2, 0.25) is 5.02 Å². The number of hydrogen-bond acceptors (Lipinski definition) is 5. The zero-order valence-corrected chi connectivity index (χ0v) is 12.9. The molecule has 9 heteroatoms. The minimum atomic E-state index is -3.85. The van der Waals surface area contributed by atoms with Gasteiger partial charge in [0.25, 0.3) is 0 Å². The van der Waals surface area contributed by atoms with Gasteiger partial charge in [0.2, 0.25) is 10.0 Å². The predicted octanol–water partition coefficient (Wildman–Crippen LogP) is 1.08. The van der Waals surface area contributed by atoms with Gasteiger partial charge in [-0.1, -0.05) is 11.6 Å². The molecule has 22 heavy (non-hydrogen) atoms. The Balaban J connectivity index is 1.92. The molecule has 2 heterocycles. The zero-order chi connectivity index (χ0) is 16.0. The molecule has 0 aliphatic carbocycles. The third-order valence-corrected chi connectivity index (χ3v) is 5.96. The highest BCUT2D eigenvalue weighted by Crippen LogP contribution is 2.33. The van der Waals surface area contributed by atoms with Gasteiger partial charge < -0.3 is 10.1 Å². The average molecular weight is 342 g/mol. The maximum Gasteiger partial charge on any atom is 0.407 e. The van der Waals surface area contributed by atoms with Gasteiger partial charge in [0.05, 0.1) is 18.7 Å². The first-order valence-corrected chi connectivity index (χ1v) is 8.35.